The van der Waals surface area contributed by atoms with E-state index in [1.165, 1.54) is 10.5 Å². The molecule has 1 atom stereocenters. The van der Waals surface area contributed by atoms with E-state index in [1.54, 1.807) is 31.3 Å². The molecular weight excluding hydrogens is 366 g/mol. The average Bonchev–Trinajstić information content (AvgIpc) is 2.71. The molecule has 0 aliphatic rings. The number of rotatable bonds is 8. The minimum atomic E-state index is -0.223. The number of carbonyl (C=O) groups is 2. The van der Waals surface area contributed by atoms with Crippen LogP contribution in [0.2, 0.25) is 0 Å². The molecule has 0 fully saturated rings. The van der Waals surface area contributed by atoms with Gasteiger partial charge in [-0.1, -0.05) is 26.0 Å². The molecule has 3 amide bonds. The lowest BCUT2D eigenvalue weighted by Crippen LogP contribution is -2.40. The molecule has 0 radical (unpaired) electrons. The second kappa shape index (κ2) is 10.5. The van der Waals surface area contributed by atoms with Crippen molar-refractivity contribution in [2.45, 2.75) is 46.1 Å². The third kappa shape index (κ3) is 6.82. The van der Waals surface area contributed by atoms with E-state index in [9.17, 15) is 9.59 Å². The van der Waals surface area contributed by atoms with Gasteiger partial charge in [0.15, 0.2) is 6.61 Å². The summed E-state index contributed by atoms with van der Waals surface area (Å²) in [7, 11) is 1.70. The third-order valence-corrected chi connectivity index (χ3v) is 4.69. The Labute approximate surface area is 173 Å². The van der Waals surface area contributed by atoms with Crippen molar-refractivity contribution in [3.63, 3.8) is 0 Å². The van der Waals surface area contributed by atoms with E-state index in [0.29, 0.717) is 11.7 Å². The summed E-state index contributed by atoms with van der Waals surface area (Å²) in [6.45, 7) is 8.07. The van der Waals surface area contributed by atoms with Gasteiger partial charge < -0.3 is 15.4 Å². The fraction of sp³-hybridized carbons (Fsp3) is 0.391. The summed E-state index contributed by atoms with van der Waals surface area (Å²) < 4.78 is 5.55. The fourth-order valence-electron chi connectivity index (χ4n) is 2.70. The van der Waals surface area contributed by atoms with E-state index in [0.717, 1.165) is 17.8 Å². The number of urea groups is 1. The summed E-state index contributed by atoms with van der Waals surface area (Å²) in [4.78, 5) is 25.7. The van der Waals surface area contributed by atoms with Crippen LogP contribution < -0.4 is 20.3 Å². The lowest BCUT2D eigenvalue weighted by molar-refractivity contribution is -0.118. The van der Waals surface area contributed by atoms with Crippen molar-refractivity contribution in [2.75, 3.05) is 23.9 Å². The quantitative estimate of drug-likeness (QED) is 0.674. The van der Waals surface area contributed by atoms with Crippen LogP contribution in [0.5, 0.6) is 5.75 Å². The molecule has 0 saturated carbocycles. The summed E-state index contributed by atoms with van der Waals surface area (Å²) in [5, 5.41) is 5.67. The molecule has 2 aromatic carbocycles. The first-order valence-electron chi connectivity index (χ1n) is 9.97. The first-order valence-corrected chi connectivity index (χ1v) is 9.97. The van der Waals surface area contributed by atoms with Crippen molar-refractivity contribution in [1.82, 2.24) is 5.32 Å². The molecule has 0 saturated heterocycles. The van der Waals surface area contributed by atoms with Gasteiger partial charge in [-0.2, -0.15) is 0 Å². The molecule has 2 N–H and O–H groups in total. The zero-order valence-electron chi connectivity index (χ0n) is 17.9. The normalized spacial score (nSPS) is 11.7. The number of amides is 3. The smallest absolute Gasteiger partial charge is 0.321 e. The number of nitrogens with one attached hydrogen (secondary N) is 2. The van der Waals surface area contributed by atoms with Crippen LogP contribution in [0.25, 0.3) is 0 Å². The molecule has 2 rings (SSSR count). The Morgan fingerprint density at radius 3 is 2.17 bits per heavy atom. The average molecular weight is 398 g/mol. The number of nitrogens with zero attached hydrogens (tertiary/aromatic N) is 1. The van der Waals surface area contributed by atoms with Gasteiger partial charge in [0.25, 0.3) is 5.91 Å². The Bertz CT molecular complexity index is 801. The van der Waals surface area contributed by atoms with E-state index in [2.05, 4.69) is 24.5 Å². The second-order valence-corrected chi connectivity index (χ2v) is 7.43. The predicted octanol–water partition coefficient (Wildman–Crippen LogP) is 4.77. The molecule has 0 spiro atoms. The van der Waals surface area contributed by atoms with E-state index in [1.807, 2.05) is 38.1 Å². The van der Waals surface area contributed by atoms with Crippen LogP contribution in [0.15, 0.2) is 48.5 Å². The molecule has 1 unspecified atom stereocenters. The Kier molecular flexibility index (Phi) is 8.07. The molecule has 0 aliphatic carbocycles. The highest BCUT2D eigenvalue weighted by molar-refractivity contribution is 5.92. The highest BCUT2D eigenvalue weighted by Crippen LogP contribution is 2.21. The number of benzene rings is 2. The summed E-state index contributed by atoms with van der Waals surface area (Å²) in [6.07, 6.45) is 1.08. The summed E-state index contributed by atoms with van der Waals surface area (Å²) >= 11 is 0. The van der Waals surface area contributed by atoms with Crippen LogP contribution in [0.1, 0.15) is 45.6 Å². The lowest BCUT2D eigenvalue weighted by Gasteiger charge is -2.20. The van der Waals surface area contributed by atoms with Crippen LogP contribution in [0.3, 0.4) is 0 Å². The zero-order chi connectivity index (χ0) is 21.4. The van der Waals surface area contributed by atoms with E-state index < -0.39 is 0 Å². The topological polar surface area (TPSA) is 70.7 Å². The molecule has 2 aromatic rings. The Balaban J connectivity index is 1.85. The molecule has 6 nitrogen and oxygen atoms in total. The lowest BCUT2D eigenvalue weighted by atomic mass is 9.99. The third-order valence-electron chi connectivity index (χ3n) is 4.69. The van der Waals surface area contributed by atoms with Crippen molar-refractivity contribution < 1.29 is 14.3 Å². The standard InChI is InChI=1S/C23H31N3O3/c1-6-17(4)18-7-9-19(10-8-18)25-22(27)15-29-21-13-11-20(12-14-21)26(5)23(28)24-16(2)3/h7-14,16-17H,6,15H2,1-5H3,(H,24,28)(H,25,27). The molecule has 0 aromatic heterocycles. The number of hydrogen-bond acceptors (Lipinski definition) is 3. The number of anilines is 2. The van der Waals surface area contributed by atoms with Gasteiger partial charge in [0, 0.05) is 24.5 Å². The maximum Gasteiger partial charge on any atom is 0.321 e. The monoisotopic (exact) mass is 397 g/mol. The summed E-state index contributed by atoms with van der Waals surface area (Å²) in [5.41, 5.74) is 2.74. The van der Waals surface area contributed by atoms with Crippen molar-refractivity contribution in [1.29, 1.82) is 0 Å². The Morgan fingerprint density at radius 1 is 1.00 bits per heavy atom. The highest BCUT2D eigenvalue weighted by atomic mass is 16.5. The van der Waals surface area contributed by atoms with Gasteiger partial charge in [0.1, 0.15) is 5.75 Å². The van der Waals surface area contributed by atoms with Gasteiger partial charge in [0.05, 0.1) is 0 Å². The van der Waals surface area contributed by atoms with E-state index in [-0.39, 0.29) is 24.6 Å². The van der Waals surface area contributed by atoms with Crippen LogP contribution in [0, 0.1) is 0 Å². The number of carbonyl (C=O) groups excluding carboxylic acids is 2. The van der Waals surface area contributed by atoms with Gasteiger partial charge in [-0.15, -0.1) is 0 Å². The maximum absolute atomic E-state index is 12.1. The zero-order valence-corrected chi connectivity index (χ0v) is 17.9. The molecule has 0 aliphatic heterocycles. The first-order chi connectivity index (χ1) is 13.8. The molecule has 0 bridgehead atoms. The number of hydrogen-bond donors (Lipinski definition) is 2. The molecular formula is C23H31N3O3. The Morgan fingerprint density at radius 2 is 1.62 bits per heavy atom. The minimum absolute atomic E-state index is 0.0670. The van der Waals surface area contributed by atoms with Crippen molar-refractivity contribution >= 4 is 23.3 Å². The van der Waals surface area contributed by atoms with Crippen LogP contribution >= 0.6 is 0 Å². The number of ether oxygens (including phenoxy) is 1. The Hall–Kier alpha value is -3.02. The van der Waals surface area contributed by atoms with Gasteiger partial charge in [0.2, 0.25) is 0 Å². The predicted molar refractivity (Wildman–Crippen MR) is 118 cm³/mol. The van der Waals surface area contributed by atoms with Crippen LogP contribution in [0.4, 0.5) is 16.2 Å². The molecule has 0 heterocycles. The van der Waals surface area contributed by atoms with E-state index >= 15 is 0 Å². The van der Waals surface area contributed by atoms with Crippen molar-refractivity contribution in [2.24, 2.45) is 0 Å². The van der Waals surface area contributed by atoms with E-state index in [4.69, 9.17) is 4.74 Å². The second-order valence-electron chi connectivity index (χ2n) is 7.43. The fourth-order valence-corrected chi connectivity index (χ4v) is 2.70. The minimum Gasteiger partial charge on any atom is -0.484 e. The summed E-state index contributed by atoms with van der Waals surface area (Å²) in [6, 6.07) is 14.8. The van der Waals surface area contributed by atoms with Gasteiger partial charge in [-0.05, 0) is 68.1 Å². The molecule has 6 heteroatoms. The largest absolute Gasteiger partial charge is 0.484 e. The SMILES string of the molecule is CCC(C)c1ccc(NC(=O)COc2ccc(N(C)C(=O)NC(C)C)cc2)cc1. The van der Waals surface area contributed by atoms with Gasteiger partial charge in [-0.25, -0.2) is 4.79 Å². The first kappa shape index (κ1) is 22.3. The maximum atomic E-state index is 12.1. The highest BCUT2D eigenvalue weighted by Gasteiger charge is 2.12. The van der Waals surface area contributed by atoms with Gasteiger partial charge >= 0.3 is 6.03 Å². The van der Waals surface area contributed by atoms with Crippen molar-refractivity contribution in [3.8, 4) is 5.75 Å². The summed E-state index contributed by atoms with van der Waals surface area (Å²) in [5.74, 6) is 0.842. The van der Waals surface area contributed by atoms with Crippen molar-refractivity contribution in [3.05, 3.63) is 54.1 Å². The molecule has 156 valence electrons. The van der Waals surface area contributed by atoms with Gasteiger partial charge in [-0.3, -0.25) is 9.69 Å². The van der Waals surface area contributed by atoms with Crippen LogP contribution in [-0.2, 0) is 4.79 Å². The van der Waals surface area contributed by atoms with Crippen LogP contribution in [-0.4, -0.2) is 31.6 Å². The molecule has 29 heavy (non-hydrogen) atoms.